The summed E-state index contributed by atoms with van der Waals surface area (Å²) in [4.78, 5) is 25.8. The Kier molecular flexibility index (Phi) is 4.16. The van der Waals surface area contributed by atoms with Crippen molar-refractivity contribution >= 4 is 11.8 Å². The molecule has 1 fully saturated rings. The van der Waals surface area contributed by atoms with Gasteiger partial charge in [0.05, 0.1) is 18.7 Å². The quantitative estimate of drug-likeness (QED) is 0.895. The Balaban J connectivity index is 1.93. The predicted molar refractivity (Wildman–Crippen MR) is 74.7 cm³/mol. The third-order valence-corrected chi connectivity index (χ3v) is 3.86. The van der Waals surface area contributed by atoms with Crippen molar-refractivity contribution in [2.75, 3.05) is 6.54 Å². The molecule has 5 heteroatoms. The summed E-state index contributed by atoms with van der Waals surface area (Å²) in [6.45, 7) is 6.91. The average Bonchev–Trinajstić information content (AvgIpc) is 3.00. The van der Waals surface area contributed by atoms with Gasteiger partial charge in [0.15, 0.2) is 0 Å². The molecule has 1 aliphatic rings. The number of nitrogens with zero attached hydrogens (tertiary/aromatic N) is 1. The van der Waals surface area contributed by atoms with Gasteiger partial charge in [-0.25, -0.2) is 0 Å². The van der Waals surface area contributed by atoms with Crippen molar-refractivity contribution in [1.82, 2.24) is 10.2 Å². The lowest BCUT2D eigenvalue weighted by Gasteiger charge is -2.26. The van der Waals surface area contributed by atoms with Gasteiger partial charge in [0.1, 0.15) is 5.76 Å². The molecule has 1 N–H and O–H groups in total. The van der Waals surface area contributed by atoms with E-state index in [-0.39, 0.29) is 29.7 Å². The van der Waals surface area contributed by atoms with E-state index in [1.807, 2.05) is 26.8 Å². The number of rotatable bonds is 5. The van der Waals surface area contributed by atoms with Gasteiger partial charge in [0.25, 0.3) is 0 Å². The maximum atomic E-state index is 12.2. The summed E-state index contributed by atoms with van der Waals surface area (Å²) >= 11 is 0. The Morgan fingerprint density at radius 3 is 2.90 bits per heavy atom. The smallest absolute Gasteiger partial charge is 0.225 e. The third kappa shape index (κ3) is 3.40. The molecule has 1 aliphatic heterocycles. The zero-order valence-electron chi connectivity index (χ0n) is 12.3. The topological polar surface area (TPSA) is 62.6 Å². The molecule has 0 aromatic carbocycles. The minimum Gasteiger partial charge on any atom is -0.467 e. The summed E-state index contributed by atoms with van der Waals surface area (Å²) < 4.78 is 5.24. The third-order valence-electron chi connectivity index (χ3n) is 3.86. The maximum absolute atomic E-state index is 12.2. The van der Waals surface area contributed by atoms with E-state index >= 15 is 0 Å². The zero-order chi connectivity index (χ0) is 14.8. The molecule has 2 heterocycles. The van der Waals surface area contributed by atoms with Crippen molar-refractivity contribution in [3.8, 4) is 0 Å². The molecule has 1 aromatic rings. The molecule has 1 atom stereocenters. The van der Waals surface area contributed by atoms with E-state index in [2.05, 4.69) is 5.32 Å². The molecule has 0 bridgehead atoms. The average molecular weight is 278 g/mol. The predicted octanol–water partition coefficient (Wildman–Crippen LogP) is 1.93. The first-order valence-corrected chi connectivity index (χ1v) is 7.03. The first-order chi connectivity index (χ1) is 9.41. The van der Waals surface area contributed by atoms with E-state index in [0.717, 1.165) is 12.2 Å². The second-order valence-corrected chi connectivity index (χ2v) is 5.98. The van der Waals surface area contributed by atoms with Crippen LogP contribution in [0.25, 0.3) is 0 Å². The molecule has 2 amide bonds. The van der Waals surface area contributed by atoms with Crippen molar-refractivity contribution in [3.63, 3.8) is 0 Å². The van der Waals surface area contributed by atoms with E-state index in [0.29, 0.717) is 13.1 Å². The number of amides is 2. The molecule has 110 valence electrons. The van der Waals surface area contributed by atoms with Crippen LogP contribution in [0, 0.1) is 5.92 Å². The highest BCUT2D eigenvalue weighted by Gasteiger charge is 2.36. The van der Waals surface area contributed by atoms with Gasteiger partial charge in [0, 0.05) is 18.5 Å². The van der Waals surface area contributed by atoms with Gasteiger partial charge < -0.3 is 14.6 Å². The summed E-state index contributed by atoms with van der Waals surface area (Å²) in [7, 11) is 0. The standard InChI is InChI=1S/C15H22N2O3/c1-4-15(2,3)16-14(19)11-8-13(18)17(9-11)10-12-6-5-7-20-12/h5-7,11H,4,8-10H2,1-3H3,(H,16,19)/t11-/m0/s1. The van der Waals surface area contributed by atoms with Crippen LogP contribution in [0.5, 0.6) is 0 Å². The second-order valence-electron chi connectivity index (χ2n) is 5.98. The number of furan rings is 1. The molecule has 0 spiro atoms. The fraction of sp³-hybridized carbons (Fsp3) is 0.600. The van der Waals surface area contributed by atoms with Crippen LogP contribution in [0.3, 0.4) is 0 Å². The number of carbonyl (C=O) groups excluding carboxylic acids is 2. The van der Waals surface area contributed by atoms with Crippen molar-refractivity contribution < 1.29 is 14.0 Å². The highest BCUT2D eigenvalue weighted by Crippen LogP contribution is 2.21. The van der Waals surface area contributed by atoms with Crippen LogP contribution in [-0.4, -0.2) is 28.8 Å². The van der Waals surface area contributed by atoms with Crippen LogP contribution in [0.4, 0.5) is 0 Å². The highest BCUT2D eigenvalue weighted by molar-refractivity contribution is 5.89. The highest BCUT2D eigenvalue weighted by atomic mass is 16.3. The second kappa shape index (κ2) is 5.69. The molecule has 0 aliphatic carbocycles. The summed E-state index contributed by atoms with van der Waals surface area (Å²) in [5, 5.41) is 3.01. The zero-order valence-corrected chi connectivity index (χ0v) is 12.3. The van der Waals surface area contributed by atoms with Gasteiger partial charge >= 0.3 is 0 Å². The van der Waals surface area contributed by atoms with Gasteiger partial charge in [-0.05, 0) is 32.4 Å². The molecule has 0 radical (unpaired) electrons. The molecule has 1 aromatic heterocycles. The minimum absolute atomic E-state index is 0.0101. The summed E-state index contributed by atoms with van der Waals surface area (Å²) in [5.74, 6) is 0.458. The lowest BCUT2D eigenvalue weighted by Crippen LogP contribution is -2.46. The lowest BCUT2D eigenvalue weighted by atomic mass is 9.99. The van der Waals surface area contributed by atoms with Gasteiger partial charge in [0.2, 0.25) is 11.8 Å². The SMILES string of the molecule is CCC(C)(C)NC(=O)[C@H]1CC(=O)N(Cc2ccco2)C1. The first-order valence-electron chi connectivity index (χ1n) is 7.03. The van der Waals surface area contributed by atoms with Crippen molar-refractivity contribution in [2.24, 2.45) is 5.92 Å². The summed E-state index contributed by atoms with van der Waals surface area (Å²) in [5.41, 5.74) is -0.228. The Morgan fingerprint density at radius 2 is 2.30 bits per heavy atom. The van der Waals surface area contributed by atoms with Crippen LogP contribution >= 0.6 is 0 Å². The summed E-state index contributed by atoms with van der Waals surface area (Å²) in [6.07, 6.45) is 2.73. The lowest BCUT2D eigenvalue weighted by molar-refractivity contribution is -0.129. The van der Waals surface area contributed by atoms with Crippen molar-refractivity contribution in [2.45, 2.75) is 45.7 Å². The number of nitrogens with one attached hydrogen (secondary N) is 1. The normalized spacial score (nSPS) is 19.4. The molecule has 20 heavy (non-hydrogen) atoms. The van der Waals surface area contributed by atoms with Gasteiger partial charge in [-0.2, -0.15) is 0 Å². The van der Waals surface area contributed by atoms with Gasteiger partial charge in [-0.3, -0.25) is 9.59 Å². The van der Waals surface area contributed by atoms with Gasteiger partial charge in [-0.15, -0.1) is 0 Å². The summed E-state index contributed by atoms with van der Waals surface area (Å²) in [6, 6.07) is 3.63. The van der Waals surface area contributed by atoms with Crippen molar-refractivity contribution in [1.29, 1.82) is 0 Å². The first kappa shape index (κ1) is 14.6. The number of likely N-dealkylation sites (tertiary alicyclic amines) is 1. The number of carbonyl (C=O) groups is 2. The minimum atomic E-state index is -0.261. The van der Waals surface area contributed by atoms with Crippen LogP contribution in [0.2, 0.25) is 0 Å². The van der Waals surface area contributed by atoms with E-state index in [9.17, 15) is 9.59 Å². The molecular weight excluding hydrogens is 256 g/mol. The molecule has 5 nitrogen and oxygen atoms in total. The van der Waals surface area contributed by atoms with E-state index in [4.69, 9.17) is 4.42 Å². The largest absolute Gasteiger partial charge is 0.467 e. The maximum Gasteiger partial charge on any atom is 0.225 e. The van der Waals surface area contributed by atoms with Crippen LogP contribution < -0.4 is 5.32 Å². The molecule has 2 rings (SSSR count). The molecule has 1 saturated heterocycles. The van der Waals surface area contributed by atoms with Crippen LogP contribution in [0.15, 0.2) is 22.8 Å². The fourth-order valence-corrected chi connectivity index (χ4v) is 2.22. The van der Waals surface area contributed by atoms with E-state index in [1.54, 1.807) is 17.2 Å². The Morgan fingerprint density at radius 1 is 1.55 bits per heavy atom. The van der Waals surface area contributed by atoms with Gasteiger partial charge in [-0.1, -0.05) is 6.92 Å². The number of hydrogen-bond donors (Lipinski definition) is 1. The Hall–Kier alpha value is -1.78. The molecule has 0 saturated carbocycles. The van der Waals surface area contributed by atoms with Crippen molar-refractivity contribution in [3.05, 3.63) is 24.2 Å². The van der Waals surface area contributed by atoms with Crippen LogP contribution in [0.1, 0.15) is 39.4 Å². The monoisotopic (exact) mass is 278 g/mol. The molecular formula is C15H22N2O3. The Bertz CT molecular complexity index is 479. The molecule has 0 unspecified atom stereocenters. The Labute approximate surface area is 119 Å². The van der Waals surface area contributed by atoms with E-state index in [1.165, 1.54) is 0 Å². The fourth-order valence-electron chi connectivity index (χ4n) is 2.22. The van der Waals surface area contributed by atoms with Crippen LogP contribution in [-0.2, 0) is 16.1 Å². The number of hydrogen-bond acceptors (Lipinski definition) is 3. The van der Waals surface area contributed by atoms with E-state index < -0.39 is 0 Å².